The number of hydrogen-bond donors (Lipinski definition) is 2. The second-order valence-corrected chi connectivity index (χ2v) is 6.60. The molecule has 0 aromatic heterocycles. The number of carbonyl (C=O) groups is 2. The Morgan fingerprint density at radius 1 is 1.33 bits per heavy atom. The van der Waals surface area contributed by atoms with Crippen LogP contribution >= 0.6 is 11.6 Å². The minimum absolute atomic E-state index is 0.104. The molecule has 0 saturated heterocycles. The molecule has 1 fully saturated rings. The van der Waals surface area contributed by atoms with Crippen LogP contribution in [0.4, 0.5) is 5.69 Å². The van der Waals surface area contributed by atoms with Gasteiger partial charge in [-0.3, -0.25) is 9.59 Å². The van der Waals surface area contributed by atoms with E-state index in [2.05, 4.69) is 10.6 Å². The smallest absolute Gasteiger partial charge is 0.249 e. The van der Waals surface area contributed by atoms with E-state index in [9.17, 15) is 9.59 Å². The van der Waals surface area contributed by atoms with Crippen molar-refractivity contribution in [2.45, 2.75) is 58.2 Å². The van der Waals surface area contributed by atoms with Crippen LogP contribution in [0.3, 0.4) is 0 Å². The Morgan fingerprint density at radius 2 is 2.04 bits per heavy atom. The third-order valence-electron chi connectivity index (χ3n) is 4.14. The molecule has 24 heavy (non-hydrogen) atoms. The van der Waals surface area contributed by atoms with Crippen LogP contribution in [0.2, 0.25) is 5.02 Å². The van der Waals surface area contributed by atoms with Crippen molar-refractivity contribution in [1.29, 1.82) is 0 Å². The van der Waals surface area contributed by atoms with E-state index in [0.717, 1.165) is 31.2 Å². The van der Waals surface area contributed by atoms with Gasteiger partial charge in [0.2, 0.25) is 11.8 Å². The molecule has 0 radical (unpaired) electrons. The molecule has 6 heteroatoms. The Hall–Kier alpha value is -1.59. The van der Waals surface area contributed by atoms with Gasteiger partial charge in [0.05, 0.1) is 23.4 Å². The maximum atomic E-state index is 12.2. The molecule has 0 bridgehead atoms. The molecule has 0 spiro atoms. The van der Waals surface area contributed by atoms with Crippen LogP contribution in [0.5, 0.6) is 0 Å². The Kier molecular flexibility index (Phi) is 7.06. The summed E-state index contributed by atoms with van der Waals surface area (Å²) in [6.07, 6.45) is 4.59. The number of halogens is 1. The summed E-state index contributed by atoms with van der Waals surface area (Å²) < 4.78 is 5.84. The van der Waals surface area contributed by atoms with Gasteiger partial charge in [0, 0.05) is 0 Å². The van der Waals surface area contributed by atoms with Crippen molar-refractivity contribution in [2.75, 3.05) is 11.9 Å². The van der Waals surface area contributed by atoms with Crippen molar-refractivity contribution in [1.82, 2.24) is 5.32 Å². The van der Waals surface area contributed by atoms with Crippen molar-refractivity contribution in [3.63, 3.8) is 0 Å². The first-order valence-corrected chi connectivity index (χ1v) is 8.86. The van der Waals surface area contributed by atoms with Crippen LogP contribution in [-0.2, 0) is 14.3 Å². The Morgan fingerprint density at radius 3 is 2.67 bits per heavy atom. The van der Waals surface area contributed by atoms with E-state index in [1.165, 1.54) is 0 Å². The summed E-state index contributed by atoms with van der Waals surface area (Å²) in [4.78, 5) is 24.2. The van der Waals surface area contributed by atoms with Crippen molar-refractivity contribution in [2.24, 2.45) is 0 Å². The van der Waals surface area contributed by atoms with E-state index in [-0.39, 0.29) is 24.5 Å². The highest BCUT2D eigenvalue weighted by atomic mass is 35.5. The number of amides is 2. The van der Waals surface area contributed by atoms with Crippen LogP contribution in [0.15, 0.2) is 18.2 Å². The average molecular weight is 353 g/mol. The van der Waals surface area contributed by atoms with Gasteiger partial charge < -0.3 is 15.4 Å². The molecule has 132 valence electrons. The topological polar surface area (TPSA) is 67.4 Å². The molecule has 1 aromatic carbocycles. The highest BCUT2D eigenvalue weighted by Gasteiger charge is 2.24. The summed E-state index contributed by atoms with van der Waals surface area (Å²) in [5.41, 5.74) is 1.55. The standard InChI is InChI=1S/C18H25ClN2O3/c1-3-16(24-13-6-4-5-7-13)18(23)20-11-17(22)21-15-9-8-12(2)10-14(15)19/h8-10,13,16H,3-7,11H2,1-2H3,(H,20,23)(H,21,22). The molecular formula is C18H25ClN2O3. The van der Waals surface area contributed by atoms with Crippen LogP contribution in [0, 0.1) is 6.92 Å². The summed E-state index contributed by atoms with van der Waals surface area (Å²) in [7, 11) is 0. The molecule has 2 rings (SSSR count). The maximum Gasteiger partial charge on any atom is 0.249 e. The first kappa shape index (κ1) is 18.7. The second-order valence-electron chi connectivity index (χ2n) is 6.19. The van der Waals surface area contributed by atoms with E-state index >= 15 is 0 Å². The lowest BCUT2D eigenvalue weighted by Gasteiger charge is -2.20. The molecule has 1 atom stereocenters. The van der Waals surface area contributed by atoms with Crippen molar-refractivity contribution in [3.05, 3.63) is 28.8 Å². The van der Waals surface area contributed by atoms with Crippen molar-refractivity contribution >= 4 is 29.1 Å². The van der Waals surface area contributed by atoms with Gasteiger partial charge in [0.15, 0.2) is 0 Å². The van der Waals surface area contributed by atoms with E-state index in [4.69, 9.17) is 16.3 Å². The Bertz CT molecular complexity index is 586. The summed E-state index contributed by atoms with van der Waals surface area (Å²) in [5.74, 6) is -0.556. The zero-order valence-corrected chi connectivity index (χ0v) is 15.0. The molecule has 2 N–H and O–H groups in total. The summed E-state index contributed by atoms with van der Waals surface area (Å²) in [5, 5.41) is 5.81. The molecule has 1 unspecified atom stereocenters. The number of hydrogen-bond acceptors (Lipinski definition) is 3. The van der Waals surface area contributed by atoms with Gasteiger partial charge in [-0.1, -0.05) is 37.4 Å². The normalized spacial score (nSPS) is 16.0. The van der Waals surface area contributed by atoms with E-state index < -0.39 is 6.10 Å². The van der Waals surface area contributed by atoms with E-state index in [1.807, 2.05) is 19.9 Å². The summed E-state index contributed by atoms with van der Waals surface area (Å²) in [6, 6.07) is 5.39. The predicted octanol–water partition coefficient (Wildman–Crippen LogP) is 3.44. The molecule has 0 aliphatic heterocycles. The van der Waals surface area contributed by atoms with Gasteiger partial charge in [-0.15, -0.1) is 0 Å². The molecule has 1 aromatic rings. The third-order valence-corrected chi connectivity index (χ3v) is 4.46. The van der Waals surface area contributed by atoms with Gasteiger partial charge in [-0.25, -0.2) is 0 Å². The molecule has 1 aliphatic rings. The highest BCUT2D eigenvalue weighted by molar-refractivity contribution is 6.33. The fraction of sp³-hybridized carbons (Fsp3) is 0.556. The average Bonchev–Trinajstić information content (AvgIpc) is 3.06. The maximum absolute atomic E-state index is 12.2. The van der Waals surface area contributed by atoms with Gasteiger partial charge in [0.25, 0.3) is 0 Å². The van der Waals surface area contributed by atoms with Crippen molar-refractivity contribution in [3.8, 4) is 0 Å². The molecule has 1 aliphatic carbocycles. The number of rotatable bonds is 7. The zero-order valence-electron chi connectivity index (χ0n) is 14.2. The Balaban J connectivity index is 1.79. The number of aryl methyl sites for hydroxylation is 1. The fourth-order valence-electron chi connectivity index (χ4n) is 2.80. The number of nitrogens with one attached hydrogen (secondary N) is 2. The van der Waals surface area contributed by atoms with Gasteiger partial charge in [0.1, 0.15) is 6.10 Å². The third kappa shape index (κ3) is 5.49. The van der Waals surface area contributed by atoms with Crippen LogP contribution in [0.1, 0.15) is 44.6 Å². The zero-order chi connectivity index (χ0) is 17.5. The van der Waals surface area contributed by atoms with E-state index in [1.54, 1.807) is 12.1 Å². The molecule has 2 amide bonds. The molecular weight excluding hydrogens is 328 g/mol. The van der Waals surface area contributed by atoms with Crippen LogP contribution in [-0.4, -0.2) is 30.6 Å². The quantitative estimate of drug-likeness (QED) is 0.789. The summed E-state index contributed by atoms with van der Waals surface area (Å²) in [6.45, 7) is 3.73. The number of carbonyl (C=O) groups excluding carboxylic acids is 2. The van der Waals surface area contributed by atoms with Gasteiger partial charge in [-0.05, 0) is 43.9 Å². The molecule has 5 nitrogen and oxygen atoms in total. The largest absolute Gasteiger partial charge is 0.365 e. The monoisotopic (exact) mass is 352 g/mol. The van der Waals surface area contributed by atoms with Crippen LogP contribution < -0.4 is 10.6 Å². The summed E-state index contributed by atoms with van der Waals surface area (Å²) >= 11 is 6.08. The predicted molar refractivity (Wildman–Crippen MR) is 95.2 cm³/mol. The lowest BCUT2D eigenvalue weighted by Crippen LogP contribution is -2.41. The Labute approximate surface area is 148 Å². The number of benzene rings is 1. The fourth-order valence-corrected chi connectivity index (χ4v) is 3.08. The lowest BCUT2D eigenvalue weighted by atomic mass is 10.2. The molecule has 0 heterocycles. The minimum Gasteiger partial charge on any atom is -0.365 e. The first-order chi connectivity index (χ1) is 11.5. The first-order valence-electron chi connectivity index (χ1n) is 8.48. The highest BCUT2D eigenvalue weighted by Crippen LogP contribution is 2.23. The van der Waals surface area contributed by atoms with Gasteiger partial charge >= 0.3 is 0 Å². The SMILES string of the molecule is CCC(OC1CCCC1)C(=O)NCC(=O)Nc1ccc(C)cc1Cl. The second kappa shape index (κ2) is 9.04. The van der Waals surface area contributed by atoms with Crippen LogP contribution in [0.25, 0.3) is 0 Å². The lowest BCUT2D eigenvalue weighted by molar-refractivity contribution is -0.137. The number of ether oxygens (including phenoxy) is 1. The van der Waals surface area contributed by atoms with Crippen molar-refractivity contribution < 1.29 is 14.3 Å². The van der Waals surface area contributed by atoms with Gasteiger partial charge in [-0.2, -0.15) is 0 Å². The minimum atomic E-state index is -0.496. The molecule has 1 saturated carbocycles. The number of anilines is 1. The van der Waals surface area contributed by atoms with E-state index in [0.29, 0.717) is 17.1 Å².